The molecule has 0 radical (unpaired) electrons. The molecule has 15 nitrogen and oxygen atoms in total. The van der Waals surface area contributed by atoms with Crippen LogP contribution in [0.2, 0.25) is 0 Å². The minimum Gasteiger partial charge on any atom is -0.344 e. The number of hydrogen-bond acceptors (Lipinski definition) is 8. The van der Waals surface area contributed by atoms with Crippen molar-refractivity contribution in [3.05, 3.63) is 327 Å². The van der Waals surface area contributed by atoms with Gasteiger partial charge in [0.15, 0.2) is 0 Å². The van der Waals surface area contributed by atoms with Crippen LogP contribution in [-0.4, -0.2) is 58.6 Å². The Hall–Kier alpha value is -13.9. The Labute approximate surface area is 747 Å². The first-order chi connectivity index (χ1) is 60.3. The molecule has 14 rings (SSSR count). The summed E-state index contributed by atoms with van der Waals surface area (Å²) in [5.41, 5.74) is 30.0. The smallest absolute Gasteiger partial charge is 0.103 e. The fraction of sp³-hybridized carbons (Fsp3) is 0.243. The fourth-order valence-electron chi connectivity index (χ4n) is 15.7. The van der Waals surface area contributed by atoms with Gasteiger partial charge in [-0.05, 0) is 303 Å². The third kappa shape index (κ3) is 25.4. The molecule has 0 unspecified atom stereocenters. The Bertz CT molecular complexity index is 6200. The van der Waals surface area contributed by atoms with Gasteiger partial charge in [-0.3, -0.25) is 15.0 Å². The molecule has 0 saturated heterocycles. The Balaban J connectivity index is 0.000000165. The van der Waals surface area contributed by atoms with Gasteiger partial charge < -0.3 is 37.2 Å². The van der Waals surface area contributed by atoms with Crippen LogP contribution < -0.4 is 37.2 Å². The van der Waals surface area contributed by atoms with Crippen molar-refractivity contribution in [1.82, 2.24) is 0 Å². The Kier molecular flexibility index (Phi) is 32.0. The maximum Gasteiger partial charge on any atom is 0.103 e. The van der Waals surface area contributed by atoms with Crippen molar-refractivity contribution in [2.24, 2.45) is 39.9 Å². The molecule has 644 valence electrons. The zero-order valence-corrected chi connectivity index (χ0v) is 78.2. The van der Waals surface area contributed by atoms with Crippen molar-refractivity contribution < 1.29 is 0 Å². The first-order valence-electron chi connectivity index (χ1n) is 43.6. The minimum absolute atomic E-state index is 0.269. The van der Waals surface area contributed by atoms with Gasteiger partial charge in [0.05, 0.1) is 45.8 Å². The summed E-state index contributed by atoms with van der Waals surface area (Å²) in [4.78, 5) is 38.5. The number of nitrogens with one attached hydrogen (secondary N) is 7. The fourth-order valence-corrected chi connectivity index (χ4v) is 15.7. The highest BCUT2D eigenvalue weighted by molar-refractivity contribution is 6.12. The summed E-state index contributed by atoms with van der Waals surface area (Å²) in [6, 6.07) is 88.9. The number of fused-ring (bicyclic) bond motifs is 4. The topological polar surface area (TPSA) is 183 Å². The average molecular weight is 1670 g/mol. The maximum absolute atomic E-state index is 5.03. The molecule has 0 amide bonds. The minimum atomic E-state index is 0.269. The van der Waals surface area contributed by atoms with Crippen LogP contribution in [0.15, 0.2) is 295 Å². The van der Waals surface area contributed by atoms with Gasteiger partial charge in [-0.2, -0.15) is 0 Å². The van der Waals surface area contributed by atoms with Gasteiger partial charge in [-0.25, -0.2) is 25.0 Å². The predicted octanol–water partition coefficient (Wildman–Crippen LogP) is 30.7. The first-order valence-corrected chi connectivity index (χ1v) is 43.6. The van der Waals surface area contributed by atoms with Gasteiger partial charge in [0.1, 0.15) is 29.2 Å². The van der Waals surface area contributed by atoms with E-state index >= 15 is 0 Å². The second kappa shape index (κ2) is 43.4. The number of nitrogens with zero attached hydrogens (tertiary/aromatic N) is 8. The second-order valence-corrected chi connectivity index (χ2v) is 33.5. The van der Waals surface area contributed by atoms with E-state index in [2.05, 4.69) is 420 Å². The van der Waals surface area contributed by atoms with Crippen LogP contribution in [0.1, 0.15) is 155 Å². The van der Waals surface area contributed by atoms with E-state index in [1.165, 1.54) is 83.1 Å². The van der Waals surface area contributed by atoms with Crippen molar-refractivity contribution in [3.63, 3.8) is 0 Å². The van der Waals surface area contributed by atoms with Crippen LogP contribution in [0.3, 0.4) is 0 Å². The molecule has 0 spiro atoms. The third-order valence-electron chi connectivity index (χ3n) is 21.6. The normalized spacial score (nSPS) is 12.4. The zero-order valence-electron chi connectivity index (χ0n) is 78.2. The zero-order chi connectivity index (χ0) is 90.4. The molecule has 126 heavy (non-hydrogen) atoms. The molecule has 15 heteroatoms. The molecule has 0 heterocycles. The summed E-state index contributed by atoms with van der Waals surface area (Å²) in [6.07, 6.45) is 0.856. The summed E-state index contributed by atoms with van der Waals surface area (Å²) < 4.78 is 0. The van der Waals surface area contributed by atoms with Gasteiger partial charge in [0.25, 0.3) is 0 Å². The van der Waals surface area contributed by atoms with E-state index in [9.17, 15) is 0 Å². The van der Waals surface area contributed by atoms with Crippen LogP contribution >= 0.6 is 0 Å². The first kappa shape index (κ1) is 92.8. The average Bonchev–Trinajstić information content (AvgIpc) is 0.800. The molecule has 0 fully saturated rings. The SMILES string of the molecule is CC(=NC(C)C)Nc1cc(NC(C)=NC(C)C)c2ccccc2c1.CC(=Nc1c(C)cccc1C)Nc1cc(NC(C)=Nc2c(C)cccc2C)c2ccccc2c1.CC(=Nc1c(C)cccc1C)Nc1cc(NC(C)=Nc2c(C)cccc2C)c2ccccc2c1.CC(Cc1c(C)cccc1C)=Nc1ccc(NC(C)=Nc2c(C)cccc2C)c2ccccc12. The molecule has 0 atom stereocenters. The third-order valence-corrected chi connectivity index (χ3v) is 21.6. The van der Waals surface area contributed by atoms with Crippen molar-refractivity contribution in [3.8, 4) is 0 Å². The molecule has 0 aliphatic heterocycles. The second-order valence-electron chi connectivity index (χ2n) is 33.5. The van der Waals surface area contributed by atoms with E-state index in [0.29, 0.717) is 0 Å². The van der Waals surface area contributed by atoms with Crippen LogP contribution in [0.25, 0.3) is 43.1 Å². The standard InChI is InChI=1S/C31H33N3.2C30H32N4.C20H28N4/c1-20-11-9-12-21(2)28(20)19-24(5)32-29-17-18-30(27-16-8-7-15-26(27)29)33-25(6)34-31-22(3)13-10-14-23(31)4;2*1-19-11-9-12-20(2)29(19)33-23(5)31-26-17-25-15-7-8-16-27(25)28(18-26)32-24(6)34-30-21(3)13-10-14-22(30)4;1-13(2)21-15(5)23-18-11-17-9-7-8-10-19(17)20(12-18)24-16(6)22-14(3)4/h7-18H,19H2,1-6H3,(H,33,34);2*7-18H,1-6H3,(H,31,33)(H,32,34);7-14H,1-6H3,(H,21,23)(H,22,24). The summed E-state index contributed by atoms with van der Waals surface area (Å²) >= 11 is 0. The van der Waals surface area contributed by atoms with Crippen molar-refractivity contribution in [2.75, 3.05) is 37.2 Å². The molecular weight excluding hydrogens is 1540 g/mol. The van der Waals surface area contributed by atoms with E-state index in [1.54, 1.807) is 0 Å². The highest BCUT2D eigenvalue weighted by atomic mass is 15.1. The van der Waals surface area contributed by atoms with E-state index < -0.39 is 0 Å². The van der Waals surface area contributed by atoms with Crippen LogP contribution in [0, 0.1) is 83.1 Å². The lowest BCUT2D eigenvalue weighted by atomic mass is 9.98. The predicted molar refractivity (Wildman–Crippen MR) is 553 cm³/mol. The Morgan fingerprint density at radius 3 is 0.786 bits per heavy atom. The van der Waals surface area contributed by atoms with E-state index in [0.717, 1.165) is 159 Å². The number of rotatable bonds is 17. The van der Waals surface area contributed by atoms with Crippen molar-refractivity contribution in [1.29, 1.82) is 0 Å². The van der Waals surface area contributed by atoms with E-state index in [4.69, 9.17) is 30.0 Å². The Morgan fingerprint density at radius 2 is 0.476 bits per heavy atom. The van der Waals surface area contributed by atoms with Crippen LogP contribution in [0.5, 0.6) is 0 Å². The lowest BCUT2D eigenvalue weighted by molar-refractivity contribution is 0.834. The molecule has 0 bridgehead atoms. The van der Waals surface area contributed by atoms with Gasteiger partial charge in [0.2, 0.25) is 0 Å². The number of anilines is 7. The summed E-state index contributed by atoms with van der Waals surface area (Å²) in [5.74, 6) is 6.09. The van der Waals surface area contributed by atoms with Crippen LogP contribution in [-0.2, 0) is 6.42 Å². The molecule has 7 N–H and O–H groups in total. The summed E-state index contributed by atoms with van der Waals surface area (Å²) in [6.45, 7) is 49.7. The highest BCUT2D eigenvalue weighted by Crippen LogP contribution is 2.37. The molecule has 0 aliphatic carbocycles. The van der Waals surface area contributed by atoms with Gasteiger partial charge in [-0.1, -0.05) is 206 Å². The lowest BCUT2D eigenvalue weighted by Crippen LogP contribution is -2.12. The monoisotopic (exact) mass is 1670 g/mol. The Morgan fingerprint density at radius 1 is 0.230 bits per heavy atom. The molecule has 0 aliphatic rings. The van der Waals surface area contributed by atoms with Crippen LogP contribution in [0.4, 0.5) is 73.9 Å². The molecular formula is C111H125N15. The number of benzene rings is 14. The molecule has 14 aromatic rings. The lowest BCUT2D eigenvalue weighted by Gasteiger charge is -2.15. The van der Waals surface area contributed by atoms with E-state index in [1.807, 2.05) is 48.5 Å². The molecule has 14 aromatic carbocycles. The summed E-state index contributed by atoms with van der Waals surface area (Å²) in [7, 11) is 0. The number of amidine groups is 7. The number of hydrogen-bond donors (Lipinski definition) is 7. The van der Waals surface area contributed by atoms with Gasteiger partial charge in [-0.15, -0.1) is 0 Å². The highest BCUT2D eigenvalue weighted by Gasteiger charge is 2.16. The van der Waals surface area contributed by atoms with E-state index in [-0.39, 0.29) is 12.1 Å². The van der Waals surface area contributed by atoms with Gasteiger partial charge >= 0.3 is 0 Å². The largest absolute Gasteiger partial charge is 0.344 e. The molecule has 0 saturated carbocycles. The molecule has 0 aromatic heterocycles. The van der Waals surface area contributed by atoms with Gasteiger partial charge in [0, 0.05) is 91.0 Å². The summed E-state index contributed by atoms with van der Waals surface area (Å²) in [5, 5.41) is 33.6. The number of aryl methyl sites for hydroxylation is 12. The number of aliphatic imine (C=N–C) groups is 8. The maximum atomic E-state index is 5.03. The number of para-hydroxylation sites is 5. The van der Waals surface area contributed by atoms with Crippen molar-refractivity contribution >= 4 is 164 Å². The van der Waals surface area contributed by atoms with Crippen molar-refractivity contribution in [2.45, 2.75) is 185 Å². The quantitative estimate of drug-likeness (QED) is 0.0350.